The highest BCUT2D eigenvalue weighted by molar-refractivity contribution is 7.13. The number of thiazole rings is 1. The van der Waals surface area contributed by atoms with Crippen molar-refractivity contribution >= 4 is 23.1 Å². The smallest absolute Gasteiger partial charge is 0.310 e. The van der Waals surface area contributed by atoms with Crippen LogP contribution in [0.5, 0.6) is 0 Å². The van der Waals surface area contributed by atoms with Crippen LogP contribution in [0, 0.1) is 6.92 Å². The van der Waals surface area contributed by atoms with Crippen molar-refractivity contribution in [2.24, 2.45) is 0 Å². The van der Waals surface area contributed by atoms with Crippen LogP contribution in [-0.2, 0) is 17.4 Å². The highest BCUT2D eigenvalue weighted by Gasteiger charge is 2.34. The number of rotatable bonds is 5. The molecule has 0 atom stereocenters. The van der Waals surface area contributed by atoms with E-state index in [1.54, 1.807) is 24.6 Å². The minimum atomic E-state index is -4.56. The van der Waals surface area contributed by atoms with E-state index in [9.17, 15) is 18.0 Å². The van der Waals surface area contributed by atoms with E-state index in [2.05, 4.69) is 20.4 Å². The second-order valence-corrected chi connectivity index (χ2v) is 7.54. The van der Waals surface area contributed by atoms with Gasteiger partial charge in [0.1, 0.15) is 10.8 Å². The number of pyridine rings is 1. The van der Waals surface area contributed by atoms with Gasteiger partial charge < -0.3 is 5.32 Å². The average molecular weight is 443 g/mol. The number of alkyl halides is 3. The lowest BCUT2D eigenvalue weighted by Crippen LogP contribution is -2.19. The molecule has 0 aliphatic rings. The maximum absolute atomic E-state index is 13.4. The summed E-state index contributed by atoms with van der Waals surface area (Å²) in [6.45, 7) is 1.64. The Kier molecular flexibility index (Phi) is 5.55. The lowest BCUT2D eigenvalue weighted by molar-refractivity contribution is -0.137. The third kappa shape index (κ3) is 4.64. The number of para-hydroxylation sites is 1. The number of hydrogen-bond donors (Lipinski definition) is 1. The molecule has 0 radical (unpaired) electrons. The Hall–Kier alpha value is -3.53. The number of carbonyl (C=O) groups excluding carboxylic acids is 1. The van der Waals surface area contributed by atoms with Crippen molar-refractivity contribution in [3.8, 4) is 16.4 Å². The van der Waals surface area contributed by atoms with Crippen LogP contribution >= 0.6 is 11.3 Å². The van der Waals surface area contributed by atoms with Gasteiger partial charge >= 0.3 is 6.18 Å². The van der Waals surface area contributed by atoms with E-state index in [4.69, 9.17) is 0 Å². The summed E-state index contributed by atoms with van der Waals surface area (Å²) in [5, 5.41) is 9.23. The largest absolute Gasteiger partial charge is 0.418 e. The van der Waals surface area contributed by atoms with Gasteiger partial charge in [-0.25, -0.2) is 9.67 Å². The maximum atomic E-state index is 13.4. The van der Waals surface area contributed by atoms with Gasteiger partial charge in [-0.15, -0.1) is 11.3 Å². The molecule has 4 aromatic rings. The number of nitrogens with one attached hydrogen (secondary N) is 1. The zero-order valence-electron chi connectivity index (χ0n) is 16.2. The molecule has 1 N–H and O–H groups in total. The van der Waals surface area contributed by atoms with E-state index in [0.717, 1.165) is 10.7 Å². The number of benzene rings is 1. The SMILES string of the molecule is Cc1cc(NC(=O)Cc2csc(-c3ccccn3)n2)n(-c2ccccc2C(F)(F)F)n1. The van der Waals surface area contributed by atoms with Crippen LogP contribution in [0.3, 0.4) is 0 Å². The molecule has 0 unspecified atom stereocenters. The van der Waals surface area contributed by atoms with Crippen molar-refractivity contribution < 1.29 is 18.0 Å². The van der Waals surface area contributed by atoms with Gasteiger partial charge in [0.25, 0.3) is 0 Å². The zero-order valence-corrected chi connectivity index (χ0v) is 17.0. The molecule has 4 rings (SSSR count). The van der Waals surface area contributed by atoms with Crippen LogP contribution in [0.4, 0.5) is 19.0 Å². The maximum Gasteiger partial charge on any atom is 0.418 e. The monoisotopic (exact) mass is 443 g/mol. The first kappa shape index (κ1) is 20.7. The van der Waals surface area contributed by atoms with E-state index in [0.29, 0.717) is 22.1 Å². The number of amides is 1. The molecular formula is C21H16F3N5OS. The number of anilines is 1. The summed E-state index contributed by atoms with van der Waals surface area (Å²) >= 11 is 1.36. The van der Waals surface area contributed by atoms with Crippen LogP contribution in [0.25, 0.3) is 16.4 Å². The molecule has 0 saturated carbocycles. The van der Waals surface area contributed by atoms with Gasteiger partial charge in [0.05, 0.1) is 34.8 Å². The van der Waals surface area contributed by atoms with Gasteiger partial charge in [0.15, 0.2) is 0 Å². The topological polar surface area (TPSA) is 72.7 Å². The van der Waals surface area contributed by atoms with Crippen molar-refractivity contribution in [2.45, 2.75) is 19.5 Å². The fraction of sp³-hybridized carbons (Fsp3) is 0.143. The highest BCUT2D eigenvalue weighted by Crippen LogP contribution is 2.34. The van der Waals surface area contributed by atoms with Gasteiger partial charge in [-0.3, -0.25) is 9.78 Å². The van der Waals surface area contributed by atoms with E-state index < -0.39 is 17.6 Å². The molecule has 6 nitrogen and oxygen atoms in total. The van der Waals surface area contributed by atoms with Crippen molar-refractivity contribution in [1.82, 2.24) is 19.7 Å². The molecule has 0 saturated heterocycles. The molecule has 3 heterocycles. The fourth-order valence-corrected chi connectivity index (χ4v) is 3.81. The zero-order chi connectivity index (χ0) is 22.0. The predicted molar refractivity (Wildman–Crippen MR) is 111 cm³/mol. The van der Waals surface area contributed by atoms with E-state index in [1.807, 2.05) is 12.1 Å². The Morgan fingerprint density at radius 3 is 2.68 bits per heavy atom. The molecule has 10 heteroatoms. The third-order valence-corrected chi connectivity index (χ3v) is 5.23. The Morgan fingerprint density at radius 1 is 1.16 bits per heavy atom. The first-order chi connectivity index (χ1) is 14.8. The Bertz CT molecular complexity index is 1220. The molecule has 31 heavy (non-hydrogen) atoms. The van der Waals surface area contributed by atoms with Crippen molar-refractivity contribution in [2.75, 3.05) is 5.32 Å². The number of carbonyl (C=O) groups is 1. The van der Waals surface area contributed by atoms with Gasteiger partial charge in [-0.2, -0.15) is 18.3 Å². The summed E-state index contributed by atoms with van der Waals surface area (Å²) < 4.78 is 41.4. The first-order valence-electron chi connectivity index (χ1n) is 9.20. The summed E-state index contributed by atoms with van der Waals surface area (Å²) in [7, 11) is 0. The molecule has 0 aliphatic carbocycles. The second kappa shape index (κ2) is 8.31. The molecule has 1 amide bonds. The molecule has 0 fully saturated rings. The van der Waals surface area contributed by atoms with Crippen molar-refractivity contribution in [3.63, 3.8) is 0 Å². The lowest BCUT2D eigenvalue weighted by atomic mass is 10.1. The molecule has 0 bridgehead atoms. The van der Waals surface area contributed by atoms with Crippen LogP contribution in [0.1, 0.15) is 17.0 Å². The standard InChI is InChI=1S/C21H16F3N5OS/c1-13-10-18(29(28-13)17-8-3-2-6-15(17)21(22,23)24)27-19(30)11-14-12-31-20(26-14)16-7-4-5-9-25-16/h2-10,12H,11H2,1H3,(H,27,30). The minimum Gasteiger partial charge on any atom is -0.310 e. The van der Waals surface area contributed by atoms with Crippen LogP contribution in [0.15, 0.2) is 60.1 Å². The van der Waals surface area contributed by atoms with Crippen LogP contribution in [-0.4, -0.2) is 25.7 Å². The fourth-order valence-electron chi connectivity index (χ4n) is 3.02. The molecule has 0 spiro atoms. The summed E-state index contributed by atoms with van der Waals surface area (Å²) in [5.41, 5.74) is 0.717. The summed E-state index contributed by atoms with van der Waals surface area (Å²) in [4.78, 5) is 21.2. The van der Waals surface area contributed by atoms with Gasteiger partial charge in [0.2, 0.25) is 5.91 Å². The highest BCUT2D eigenvalue weighted by atomic mass is 32.1. The number of aryl methyl sites for hydroxylation is 1. The average Bonchev–Trinajstić information content (AvgIpc) is 3.34. The van der Waals surface area contributed by atoms with E-state index in [-0.39, 0.29) is 17.9 Å². The summed E-state index contributed by atoms with van der Waals surface area (Å²) in [6.07, 6.45) is -2.93. The Balaban J connectivity index is 1.55. The van der Waals surface area contributed by atoms with Crippen LogP contribution in [0.2, 0.25) is 0 Å². The second-order valence-electron chi connectivity index (χ2n) is 6.68. The third-order valence-electron chi connectivity index (χ3n) is 4.31. The first-order valence-corrected chi connectivity index (χ1v) is 10.1. The number of halogens is 3. The molecule has 1 aromatic carbocycles. The van der Waals surface area contributed by atoms with Crippen molar-refractivity contribution in [3.05, 3.63) is 77.1 Å². The predicted octanol–water partition coefficient (Wildman–Crippen LogP) is 4.90. The minimum absolute atomic E-state index is 0.0333. The number of aromatic nitrogens is 4. The summed E-state index contributed by atoms with van der Waals surface area (Å²) in [5.74, 6) is -0.261. The molecular weight excluding hydrogens is 427 g/mol. The van der Waals surface area contributed by atoms with Gasteiger partial charge in [-0.05, 0) is 31.2 Å². The summed E-state index contributed by atoms with van der Waals surface area (Å²) in [6, 6.07) is 12.1. The lowest BCUT2D eigenvalue weighted by Gasteiger charge is -2.15. The van der Waals surface area contributed by atoms with Crippen molar-refractivity contribution in [1.29, 1.82) is 0 Å². The quantitative estimate of drug-likeness (QED) is 0.476. The Morgan fingerprint density at radius 2 is 1.94 bits per heavy atom. The van der Waals surface area contributed by atoms with E-state index >= 15 is 0 Å². The molecule has 3 aromatic heterocycles. The van der Waals surface area contributed by atoms with Gasteiger partial charge in [0, 0.05) is 17.6 Å². The molecule has 158 valence electrons. The number of hydrogen-bond acceptors (Lipinski definition) is 5. The van der Waals surface area contributed by atoms with Gasteiger partial charge in [-0.1, -0.05) is 18.2 Å². The number of nitrogens with zero attached hydrogens (tertiary/aromatic N) is 4. The normalized spacial score (nSPS) is 11.5. The molecule has 0 aliphatic heterocycles. The Labute approximate surface area is 179 Å². The van der Waals surface area contributed by atoms with Crippen LogP contribution < -0.4 is 5.32 Å². The van der Waals surface area contributed by atoms with E-state index in [1.165, 1.54) is 35.6 Å².